The predicted molar refractivity (Wildman–Crippen MR) is 74.1 cm³/mol. The lowest BCUT2D eigenvalue weighted by Gasteiger charge is -2.39. The van der Waals surface area contributed by atoms with Gasteiger partial charge in [0.2, 0.25) is 12.0 Å². The summed E-state index contributed by atoms with van der Waals surface area (Å²) in [5.41, 5.74) is -1.29. The molecule has 1 saturated heterocycles. The summed E-state index contributed by atoms with van der Waals surface area (Å²) in [5, 5.41) is 59.9. The largest absolute Gasteiger partial charge is 0.455 e. The van der Waals surface area contributed by atoms with Crippen molar-refractivity contribution < 1.29 is 39.7 Å². The molecule has 0 amide bonds. The van der Waals surface area contributed by atoms with Crippen molar-refractivity contribution in [3.8, 4) is 5.75 Å². The molecular weight excluding hydrogens is 332 g/mol. The average Bonchev–Trinajstić information content (AvgIpc) is 2.55. The van der Waals surface area contributed by atoms with E-state index in [-0.39, 0.29) is 0 Å². The van der Waals surface area contributed by atoms with Gasteiger partial charge in [0.05, 0.1) is 22.5 Å². The van der Waals surface area contributed by atoms with Crippen LogP contribution in [-0.4, -0.2) is 67.6 Å². The van der Waals surface area contributed by atoms with Gasteiger partial charge in [-0.15, -0.1) is 0 Å². The number of hydrogen-bond donors (Lipinski definition) is 4. The highest BCUT2D eigenvalue weighted by molar-refractivity contribution is 5.53. The van der Waals surface area contributed by atoms with E-state index in [1.54, 1.807) is 0 Å². The summed E-state index contributed by atoms with van der Waals surface area (Å²) in [6.07, 6.45) is -8.00. The lowest BCUT2D eigenvalue weighted by molar-refractivity contribution is -0.395. The summed E-state index contributed by atoms with van der Waals surface area (Å²) in [5.74, 6) is -0.449. The SMILES string of the molecule is O=[N+]([O-])c1ccc(O[C@@H]2OC(CO)C(O)C(O)C2O)c([N+](=O)[O-])c1. The van der Waals surface area contributed by atoms with E-state index in [2.05, 4.69) is 0 Å². The third-order valence-corrected chi connectivity index (χ3v) is 3.44. The van der Waals surface area contributed by atoms with E-state index in [1.165, 1.54) is 0 Å². The first-order valence-corrected chi connectivity index (χ1v) is 6.66. The Bertz CT molecular complexity index is 636. The molecule has 0 radical (unpaired) electrons. The zero-order valence-corrected chi connectivity index (χ0v) is 12.0. The second kappa shape index (κ2) is 7.02. The van der Waals surface area contributed by atoms with Gasteiger partial charge in [-0.2, -0.15) is 0 Å². The lowest BCUT2D eigenvalue weighted by atomic mass is 9.99. The number of nitro groups is 2. The van der Waals surface area contributed by atoms with Gasteiger partial charge in [-0.1, -0.05) is 0 Å². The van der Waals surface area contributed by atoms with E-state index in [9.17, 15) is 35.5 Å². The maximum absolute atomic E-state index is 11.0. The molecular formula is C12H14N2O10. The highest BCUT2D eigenvalue weighted by Crippen LogP contribution is 2.33. The minimum Gasteiger partial charge on any atom is -0.455 e. The van der Waals surface area contributed by atoms with Crippen LogP contribution >= 0.6 is 0 Å². The van der Waals surface area contributed by atoms with Crippen LogP contribution in [0, 0.1) is 20.2 Å². The molecule has 1 heterocycles. The van der Waals surface area contributed by atoms with Crippen LogP contribution in [0.3, 0.4) is 0 Å². The van der Waals surface area contributed by atoms with Gasteiger partial charge in [-0.05, 0) is 6.07 Å². The Morgan fingerprint density at radius 3 is 2.29 bits per heavy atom. The fourth-order valence-corrected chi connectivity index (χ4v) is 2.15. The van der Waals surface area contributed by atoms with Crippen molar-refractivity contribution >= 4 is 11.4 Å². The summed E-state index contributed by atoms with van der Waals surface area (Å²) in [4.78, 5) is 20.0. The molecule has 0 saturated carbocycles. The monoisotopic (exact) mass is 346 g/mol. The zero-order chi connectivity index (χ0) is 18.0. The van der Waals surface area contributed by atoms with Gasteiger partial charge in [0.15, 0.2) is 0 Å². The number of rotatable bonds is 5. The molecule has 0 spiro atoms. The maximum Gasteiger partial charge on any atom is 0.317 e. The molecule has 132 valence electrons. The molecule has 1 aliphatic heterocycles. The molecule has 2 rings (SSSR count). The Kier molecular flexibility index (Phi) is 5.26. The van der Waals surface area contributed by atoms with Crippen molar-refractivity contribution in [3.05, 3.63) is 38.4 Å². The summed E-state index contributed by atoms with van der Waals surface area (Å²) in [6, 6.07) is 2.56. The fourth-order valence-electron chi connectivity index (χ4n) is 2.15. The zero-order valence-electron chi connectivity index (χ0n) is 12.0. The van der Waals surface area contributed by atoms with Crippen molar-refractivity contribution in [1.29, 1.82) is 0 Å². The average molecular weight is 346 g/mol. The first-order chi connectivity index (χ1) is 11.3. The van der Waals surface area contributed by atoms with Gasteiger partial charge >= 0.3 is 5.69 Å². The predicted octanol–water partition coefficient (Wildman–Crippen LogP) is -1.32. The fraction of sp³-hybridized carbons (Fsp3) is 0.500. The Balaban J connectivity index is 2.29. The molecule has 12 heteroatoms. The van der Waals surface area contributed by atoms with E-state index in [1.807, 2.05) is 0 Å². The first-order valence-electron chi connectivity index (χ1n) is 6.66. The van der Waals surface area contributed by atoms with E-state index in [0.29, 0.717) is 6.07 Å². The highest BCUT2D eigenvalue weighted by atomic mass is 16.7. The van der Waals surface area contributed by atoms with E-state index in [4.69, 9.17) is 14.6 Å². The van der Waals surface area contributed by atoms with Gasteiger partial charge in [0.1, 0.15) is 24.4 Å². The lowest BCUT2D eigenvalue weighted by Crippen LogP contribution is -2.60. The van der Waals surface area contributed by atoms with Crippen LogP contribution < -0.4 is 4.74 Å². The molecule has 0 bridgehead atoms. The highest BCUT2D eigenvalue weighted by Gasteiger charge is 2.45. The number of non-ortho nitro benzene ring substituents is 1. The van der Waals surface area contributed by atoms with Crippen molar-refractivity contribution in [1.82, 2.24) is 0 Å². The second-order valence-corrected chi connectivity index (χ2v) is 4.98. The van der Waals surface area contributed by atoms with Crippen molar-refractivity contribution in [2.24, 2.45) is 0 Å². The van der Waals surface area contributed by atoms with Gasteiger partial charge in [-0.3, -0.25) is 20.2 Å². The van der Waals surface area contributed by atoms with Crippen LogP contribution in [0.25, 0.3) is 0 Å². The number of ether oxygens (including phenoxy) is 2. The molecule has 5 atom stereocenters. The minimum atomic E-state index is -1.77. The number of aliphatic hydroxyl groups excluding tert-OH is 4. The van der Waals surface area contributed by atoms with E-state index < -0.39 is 64.3 Å². The number of nitro benzene ring substituents is 2. The summed E-state index contributed by atoms with van der Waals surface area (Å²) in [7, 11) is 0. The van der Waals surface area contributed by atoms with Crippen molar-refractivity contribution in [3.63, 3.8) is 0 Å². The van der Waals surface area contributed by atoms with Crippen LogP contribution in [-0.2, 0) is 4.74 Å². The van der Waals surface area contributed by atoms with E-state index in [0.717, 1.165) is 12.1 Å². The molecule has 0 aliphatic carbocycles. The van der Waals surface area contributed by atoms with Gasteiger partial charge in [0, 0.05) is 6.07 Å². The molecule has 1 aromatic rings. The summed E-state index contributed by atoms with van der Waals surface area (Å²) in [6.45, 7) is -0.701. The first kappa shape index (κ1) is 18.0. The molecule has 24 heavy (non-hydrogen) atoms. The number of nitrogens with zero attached hydrogens (tertiary/aromatic N) is 2. The second-order valence-electron chi connectivity index (χ2n) is 4.98. The Hall–Kier alpha value is -2.38. The molecule has 4 N–H and O–H groups in total. The Labute approximate surface area is 133 Å². The Morgan fingerprint density at radius 2 is 1.75 bits per heavy atom. The number of hydrogen-bond acceptors (Lipinski definition) is 10. The number of benzene rings is 1. The van der Waals surface area contributed by atoms with Gasteiger partial charge in [-0.25, -0.2) is 0 Å². The summed E-state index contributed by atoms with van der Waals surface area (Å²) < 4.78 is 10.2. The van der Waals surface area contributed by atoms with Crippen molar-refractivity contribution in [2.45, 2.75) is 30.7 Å². The molecule has 12 nitrogen and oxygen atoms in total. The quantitative estimate of drug-likeness (QED) is 0.368. The molecule has 0 aromatic heterocycles. The minimum absolute atomic E-state index is 0.449. The van der Waals surface area contributed by atoms with Crippen LogP contribution in [0.1, 0.15) is 0 Å². The molecule has 4 unspecified atom stereocenters. The Morgan fingerprint density at radius 1 is 1.08 bits per heavy atom. The standard InChI is InChI=1S/C12H14N2O10/c15-4-8-9(16)10(17)11(18)12(24-8)23-7-2-1-5(13(19)20)3-6(7)14(21)22/h1-3,8-12,15-18H,4H2/t8?,9?,10?,11?,12-/m1/s1. The van der Waals surface area contributed by atoms with Crippen LogP contribution in [0.4, 0.5) is 11.4 Å². The molecule has 1 fully saturated rings. The third kappa shape index (κ3) is 3.42. The van der Waals surface area contributed by atoms with E-state index >= 15 is 0 Å². The topological polar surface area (TPSA) is 186 Å². The summed E-state index contributed by atoms with van der Waals surface area (Å²) >= 11 is 0. The van der Waals surface area contributed by atoms with Crippen LogP contribution in [0.5, 0.6) is 5.75 Å². The van der Waals surface area contributed by atoms with Crippen LogP contribution in [0.15, 0.2) is 18.2 Å². The van der Waals surface area contributed by atoms with Crippen molar-refractivity contribution in [2.75, 3.05) is 6.61 Å². The number of aliphatic hydroxyl groups is 4. The normalized spacial score (nSPS) is 29.9. The third-order valence-electron chi connectivity index (χ3n) is 3.44. The van der Waals surface area contributed by atoms with Gasteiger partial charge < -0.3 is 29.9 Å². The maximum atomic E-state index is 11.0. The smallest absolute Gasteiger partial charge is 0.317 e. The molecule has 1 aromatic carbocycles. The van der Waals surface area contributed by atoms with Gasteiger partial charge in [0.25, 0.3) is 5.69 Å². The molecule has 1 aliphatic rings. The van der Waals surface area contributed by atoms with Crippen LogP contribution in [0.2, 0.25) is 0 Å².